The number of halogens is 4. The van der Waals surface area contributed by atoms with Crippen LogP contribution in [-0.2, 0) is 0 Å². The Hall–Kier alpha value is 0.840. The maximum absolute atomic E-state index is 3.79. The van der Waals surface area contributed by atoms with Crippen molar-refractivity contribution in [3.05, 3.63) is 52.5 Å². The van der Waals surface area contributed by atoms with Gasteiger partial charge in [-0.15, -0.1) is 11.3 Å². The molecule has 0 saturated carbocycles. The lowest BCUT2D eigenvalue weighted by atomic mass is 10.1. The van der Waals surface area contributed by atoms with Crippen molar-refractivity contribution in [3.8, 4) is 0 Å². The van der Waals surface area contributed by atoms with Crippen molar-refractivity contribution in [2.45, 2.75) is 18.7 Å². The van der Waals surface area contributed by atoms with Gasteiger partial charge in [0.25, 0.3) is 0 Å². The molecule has 2 rings (SSSR count). The Kier molecular flexibility index (Phi) is 5.15. The van der Waals surface area contributed by atoms with E-state index < -0.39 is 0 Å². The third-order valence-electron chi connectivity index (χ3n) is 2.68. The summed E-state index contributed by atoms with van der Waals surface area (Å²) in [6, 6.07) is 6.53. The summed E-state index contributed by atoms with van der Waals surface area (Å²) in [6.07, 6.45) is 0. The summed E-state index contributed by atoms with van der Waals surface area (Å²) in [5.74, 6) is 0. The van der Waals surface area contributed by atoms with Crippen LogP contribution in [0.2, 0.25) is 0 Å². The first-order valence-electron chi connectivity index (χ1n) is 5.25. The van der Waals surface area contributed by atoms with E-state index in [1.54, 1.807) is 11.3 Å². The Bertz CT molecular complexity index is 569. The van der Waals surface area contributed by atoms with Gasteiger partial charge in [-0.1, -0.05) is 47.8 Å². The fraction of sp³-hybridized carbons (Fsp3) is 0.231. The number of hydrogen-bond donors (Lipinski definition) is 0. The Morgan fingerprint density at radius 2 is 1.61 bits per heavy atom. The molecule has 1 atom stereocenters. The van der Waals surface area contributed by atoms with Gasteiger partial charge in [-0.25, -0.2) is 0 Å². The van der Waals surface area contributed by atoms with Crippen LogP contribution in [0.25, 0.3) is 0 Å². The molecular weight excluding hydrogens is 508 g/mol. The number of aryl methyl sites for hydroxylation is 2. The van der Waals surface area contributed by atoms with Crippen molar-refractivity contribution in [3.63, 3.8) is 0 Å². The van der Waals surface area contributed by atoms with Gasteiger partial charge >= 0.3 is 0 Å². The zero-order valence-corrected chi connectivity index (χ0v) is 16.9. The highest BCUT2D eigenvalue weighted by Gasteiger charge is 2.18. The Morgan fingerprint density at radius 3 is 2.17 bits per heavy atom. The van der Waals surface area contributed by atoms with Crippen LogP contribution in [0.5, 0.6) is 0 Å². The van der Waals surface area contributed by atoms with E-state index in [0.717, 1.165) is 8.95 Å². The molecule has 1 unspecified atom stereocenters. The van der Waals surface area contributed by atoms with Crippen LogP contribution in [0.1, 0.15) is 26.4 Å². The van der Waals surface area contributed by atoms with Gasteiger partial charge in [-0.3, -0.25) is 0 Å². The second-order valence-electron chi connectivity index (χ2n) is 4.09. The van der Waals surface area contributed by atoms with E-state index in [2.05, 4.69) is 95.8 Å². The average molecular weight is 518 g/mol. The first-order chi connectivity index (χ1) is 8.40. The molecule has 0 aliphatic carbocycles. The molecular formula is C13H10Br4S. The predicted molar refractivity (Wildman–Crippen MR) is 94.1 cm³/mol. The van der Waals surface area contributed by atoms with Gasteiger partial charge < -0.3 is 0 Å². The SMILES string of the molecule is Cc1cc(Br)c(C(Br)c2cc(C)c(Br)s2)cc1Br. The zero-order chi connectivity index (χ0) is 13.4. The number of benzene rings is 1. The fourth-order valence-corrected chi connectivity index (χ4v) is 5.33. The van der Waals surface area contributed by atoms with E-state index >= 15 is 0 Å². The molecule has 2 aromatic rings. The largest absolute Gasteiger partial charge is 0.131 e. The number of thiophene rings is 1. The van der Waals surface area contributed by atoms with E-state index in [9.17, 15) is 0 Å². The van der Waals surface area contributed by atoms with Crippen molar-refractivity contribution in [1.29, 1.82) is 0 Å². The van der Waals surface area contributed by atoms with Crippen LogP contribution >= 0.6 is 75.1 Å². The number of hydrogen-bond acceptors (Lipinski definition) is 1. The first kappa shape index (κ1) is 15.2. The molecule has 0 spiro atoms. The second kappa shape index (κ2) is 6.08. The Labute approximate surface area is 145 Å². The highest BCUT2D eigenvalue weighted by atomic mass is 79.9. The molecule has 0 aliphatic rings. The number of rotatable bonds is 2. The van der Waals surface area contributed by atoms with Gasteiger partial charge in [-0.05, 0) is 64.7 Å². The van der Waals surface area contributed by atoms with Crippen molar-refractivity contribution >= 4 is 75.1 Å². The Balaban J connectivity index is 2.45. The molecule has 0 aliphatic heterocycles. The second-order valence-corrected chi connectivity index (χ2v) is 9.12. The van der Waals surface area contributed by atoms with Crippen molar-refractivity contribution in [2.75, 3.05) is 0 Å². The molecule has 0 radical (unpaired) electrons. The maximum Gasteiger partial charge on any atom is 0.0749 e. The van der Waals surface area contributed by atoms with Gasteiger partial charge in [0.1, 0.15) is 0 Å². The lowest BCUT2D eigenvalue weighted by Gasteiger charge is -2.12. The van der Waals surface area contributed by atoms with Gasteiger partial charge in [0.05, 0.1) is 8.61 Å². The van der Waals surface area contributed by atoms with Gasteiger partial charge in [0.2, 0.25) is 0 Å². The minimum absolute atomic E-state index is 0.207. The van der Waals surface area contributed by atoms with Gasteiger partial charge in [0, 0.05) is 13.8 Å². The van der Waals surface area contributed by atoms with E-state index in [4.69, 9.17) is 0 Å². The average Bonchev–Trinajstić information content (AvgIpc) is 2.63. The fourth-order valence-electron chi connectivity index (χ4n) is 1.62. The smallest absolute Gasteiger partial charge is 0.0749 e. The van der Waals surface area contributed by atoms with E-state index in [-0.39, 0.29) is 4.83 Å². The molecule has 0 bridgehead atoms. The van der Waals surface area contributed by atoms with Gasteiger partial charge in [0.15, 0.2) is 0 Å². The molecule has 0 fully saturated rings. The molecule has 5 heteroatoms. The summed E-state index contributed by atoms with van der Waals surface area (Å²) >= 11 is 16.4. The van der Waals surface area contributed by atoms with Crippen LogP contribution in [0.15, 0.2) is 30.9 Å². The highest BCUT2D eigenvalue weighted by molar-refractivity contribution is 9.11. The molecule has 0 amide bonds. The zero-order valence-electron chi connectivity index (χ0n) is 9.73. The number of alkyl halides is 1. The van der Waals surface area contributed by atoms with Gasteiger partial charge in [-0.2, -0.15) is 0 Å². The standard InChI is InChI=1S/C13H10Br4S/c1-6-3-10(15)8(5-9(6)14)12(16)11-4-7(2)13(17)18-11/h3-5,12H,1-2H3. The normalized spacial score (nSPS) is 12.8. The molecule has 0 saturated heterocycles. The molecule has 1 aromatic carbocycles. The van der Waals surface area contributed by atoms with Crippen LogP contribution < -0.4 is 0 Å². The molecule has 96 valence electrons. The third kappa shape index (κ3) is 3.11. The molecule has 1 heterocycles. The quantitative estimate of drug-likeness (QED) is 0.372. The molecule has 1 aromatic heterocycles. The highest BCUT2D eigenvalue weighted by Crippen LogP contribution is 2.42. The summed E-state index contributed by atoms with van der Waals surface area (Å²) in [7, 11) is 0. The lowest BCUT2D eigenvalue weighted by Crippen LogP contribution is -1.93. The monoisotopic (exact) mass is 514 g/mol. The topological polar surface area (TPSA) is 0 Å². The minimum atomic E-state index is 0.207. The minimum Gasteiger partial charge on any atom is -0.131 e. The molecule has 0 nitrogen and oxygen atoms in total. The van der Waals surface area contributed by atoms with Crippen LogP contribution in [-0.4, -0.2) is 0 Å². The summed E-state index contributed by atoms with van der Waals surface area (Å²) in [5, 5.41) is 0. The molecule has 18 heavy (non-hydrogen) atoms. The third-order valence-corrected chi connectivity index (χ3v) is 7.71. The molecule has 0 N–H and O–H groups in total. The van der Waals surface area contributed by atoms with E-state index in [1.807, 2.05) is 0 Å². The van der Waals surface area contributed by atoms with E-state index in [1.165, 1.54) is 25.4 Å². The maximum atomic E-state index is 3.79. The summed E-state index contributed by atoms with van der Waals surface area (Å²) in [6.45, 7) is 4.21. The summed E-state index contributed by atoms with van der Waals surface area (Å²) in [4.78, 5) is 1.51. The van der Waals surface area contributed by atoms with Crippen LogP contribution in [0.3, 0.4) is 0 Å². The predicted octanol–water partition coefficient (Wildman–Crippen LogP) is 7.14. The van der Waals surface area contributed by atoms with Crippen molar-refractivity contribution in [2.24, 2.45) is 0 Å². The van der Waals surface area contributed by atoms with Crippen LogP contribution in [0.4, 0.5) is 0 Å². The van der Waals surface area contributed by atoms with Crippen molar-refractivity contribution < 1.29 is 0 Å². The van der Waals surface area contributed by atoms with Crippen LogP contribution in [0, 0.1) is 13.8 Å². The summed E-state index contributed by atoms with van der Waals surface area (Å²) < 4.78 is 3.47. The Morgan fingerprint density at radius 1 is 0.944 bits per heavy atom. The van der Waals surface area contributed by atoms with Crippen molar-refractivity contribution in [1.82, 2.24) is 0 Å². The lowest BCUT2D eigenvalue weighted by molar-refractivity contribution is 1.18. The summed E-state index contributed by atoms with van der Waals surface area (Å²) in [5.41, 5.74) is 3.75. The first-order valence-corrected chi connectivity index (χ1v) is 9.36. The van der Waals surface area contributed by atoms with E-state index in [0.29, 0.717) is 0 Å².